The molecule has 41 heavy (non-hydrogen) atoms. The summed E-state index contributed by atoms with van der Waals surface area (Å²) < 4.78 is 13.2. The van der Waals surface area contributed by atoms with Crippen LogP contribution in [0.5, 0.6) is 0 Å². The van der Waals surface area contributed by atoms with Crippen LogP contribution in [0.15, 0.2) is 54.6 Å². The van der Waals surface area contributed by atoms with Gasteiger partial charge in [0.2, 0.25) is 5.91 Å². The van der Waals surface area contributed by atoms with E-state index in [4.69, 9.17) is 9.31 Å². The molecule has 10 heteroatoms. The third-order valence-corrected chi connectivity index (χ3v) is 9.61. The Kier molecular flexibility index (Phi) is 8.00. The normalized spacial score (nSPS) is 27.4. The largest absolute Gasteiger partial charge is 0.481 e. The van der Waals surface area contributed by atoms with E-state index in [9.17, 15) is 19.7 Å². The minimum absolute atomic E-state index is 0.00820. The number of hydrogen-bond acceptors (Lipinski definition) is 6. The molecule has 1 aliphatic heterocycles. The molecule has 3 saturated carbocycles. The van der Waals surface area contributed by atoms with Gasteiger partial charge in [-0.2, -0.15) is 0 Å². The van der Waals surface area contributed by atoms with Crippen LogP contribution in [-0.2, 0) is 14.1 Å². The highest BCUT2D eigenvalue weighted by Crippen LogP contribution is 2.65. The average Bonchev–Trinajstić information content (AvgIpc) is 3.29. The number of nitrogens with zero attached hydrogens (tertiary/aromatic N) is 1. The molecule has 4 fully saturated rings. The molecule has 2 N–H and O–H groups in total. The van der Waals surface area contributed by atoms with E-state index in [-0.39, 0.29) is 52.9 Å². The lowest BCUT2D eigenvalue weighted by Gasteiger charge is -2.64. The molecule has 1 heterocycles. The zero-order chi connectivity index (χ0) is 29.5. The van der Waals surface area contributed by atoms with Gasteiger partial charge < -0.3 is 19.9 Å². The van der Waals surface area contributed by atoms with Crippen LogP contribution in [0, 0.1) is 33.3 Å². The fourth-order valence-electron chi connectivity index (χ4n) is 7.18. The lowest BCUT2D eigenvalue weighted by atomic mass is 9.43. The second-order valence-electron chi connectivity index (χ2n) is 13.1. The monoisotopic (exact) mass is 561 g/mol. The number of benzene rings is 2. The van der Waals surface area contributed by atoms with E-state index in [1.165, 1.54) is 12.1 Å². The first-order valence-corrected chi connectivity index (χ1v) is 14.6. The Labute approximate surface area is 242 Å². The third-order valence-electron chi connectivity index (χ3n) is 9.61. The highest BCUT2D eigenvalue weighted by atomic mass is 16.7. The van der Waals surface area contributed by atoms with Crippen molar-refractivity contribution in [3.63, 3.8) is 0 Å². The van der Waals surface area contributed by atoms with E-state index in [0.29, 0.717) is 29.4 Å². The summed E-state index contributed by atoms with van der Waals surface area (Å²) in [5.74, 6) is 0.384. The standard InChI is InChI=1S/C31H40BN3O6/c1-19(2)15-27(32-40-26-17-22-16-25(30(22,3)4)31(26,5)41-32)34-28(36)18-24(20-11-13-23(14-12-20)35(38)39)33-29(37)21-9-7-6-8-10-21/h6-14,19,22,24-27H,15-18H2,1-5H3,(H,33,37)(H,34,36)/t22-,24?,25-,26+,27-,31-/m0/s1. The van der Waals surface area contributed by atoms with Crippen molar-refractivity contribution in [2.45, 2.75) is 84.0 Å². The molecule has 4 aliphatic rings. The first-order valence-electron chi connectivity index (χ1n) is 14.6. The number of rotatable bonds is 10. The van der Waals surface area contributed by atoms with E-state index in [0.717, 1.165) is 12.8 Å². The van der Waals surface area contributed by atoms with Crippen LogP contribution in [0.1, 0.15) is 82.3 Å². The molecule has 6 atom stereocenters. The number of amides is 2. The lowest BCUT2D eigenvalue weighted by Crippen LogP contribution is -2.65. The summed E-state index contributed by atoms with van der Waals surface area (Å²) in [6.45, 7) is 11.0. The predicted molar refractivity (Wildman–Crippen MR) is 156 cm³/mol. The zero-order valence-electron chi connectivity index (χ0n) is 24.5. The number of carbonyl (C=O) groups excluding carboxylic acids is 2. The molecular formula is C31H40BN3O6. The summed E-state index contributed by atoms with van der Waals surface area (Å²) >= 11 is 0. The summed E-state index contributed by atoms with van der Waals surface area (Å²) in [7, 11) is -0.553. The molecular weight excluding hydrogens is 521 g/mol. The summed E-state index contributed by atoms with van der Waals surface area (Å²) in [5.41, 5.74) is 0.838. The van der Waals surface area contributed by atoms with Crippen molar-refractivity contribution in [2.24, 2.45) is 23.2 Å². The molecule has 3 aliphatic carbocycles. The molecule has 0 spiro atoms. The minimum Gasteiger partial charge on any atom is -0.404 e. The van der Waals surface area contributed by atoms with Crippen molar-refractivity contribution in [1.29, 1.82) is 0 Å². The van der Waals surface area contributed by atoms with Crippen molar-refractivity contribution in [3.05, 3.63) is 75.8 Å². The molecule has 1 unspecified atom stereocenters. The molecule has 2 amide bonds. The first-order chi connectivity index (χ1) is 19.4. The lowest BCUT2D eigenvalue weighted by molar-refractivity contribution is -0.384. The Hall–Kier alpha value is -3.24. The Morgan fingerprint density at radius 2 is 1.73 bits per heavy atom. The zero-order valence-corrected chi connectivity index (χ0v) is 24.5. The highest BCUT2D eigenvalue weighted by Gasteiger charge is 2.68. The molecule has 0 radical (unpaired) electrons. The van der Waals surface area contributed by atoms with Crippen molar-refractivity contribution in [1.82, 2.24) is 10.6 Å². The van der Waals surface area contributed by atoms with Gasteiger partial charge in [-0.3, -0.25) is 19.7 Å². The molecule has 0 aromatic heterocycles. The molecule has 218 valence electrons. The molecule has 2 aromatic carbocycles. The summed E-state index contributed by atoms with van der Waals surface area (Å²) in [6, 6.07) is 14.0. The topological polar surface area (TPSA) is 120 Å². The van der Waals surface area contributed by atoms with Gasteiger partial charge in [0.1, 0.15) is 0 Å². The number of carbonyl (C=O) groups is 2. The van der Waals surface area contributed by atoms with E-state index >= 15 is 0 Å². The van der Waals surface area contributed by atoms with Crippen LogP contribution in [0.4, 0.5) is 5.69 Å². The number of non-ortho nitro benzene ring substituents is 1. The maximum Gasteiger partial charge on any atom is 0.481 e. The second kappa shape index (κ2) is 11.2. The summed E-state index contributed by atoms with van der Waals surface area (Å²) in [5, 5.41) is 17.3. The number of nitro groups is 1. The van der Waals surface area contributed by atoms with E-state index in [1.54, 1.807) is 36.4 Å². The SMILES string of the molecule is CC(C)C[C@H](NC(=O)CC(NC(=O)c1ccccc1)c1ccc([N+](=O)[O-])cc1)B1O[C@@H]2C[C@@H]3C[C@@H](C3(C)C)[C@]2(C)O1. The van der Waals surface area contributed by atoms with Crippen LogP contribution < -0.4 is 10.6 Å². The molecule has 9 nitrogen and oxygen atoms in total. The Balaban J connectivity index is 1.32. The van der Waals surface area contributed by atoms with Crippen LogP contribution in [0.2, 0.25) is 0 Å². The number of nitrogens with one attached hydrogen (secondary N) is 2. The molecule has 2 aromatic rings. The third kappa shape index (κ3) is 5.77. The van der Waals surface area contributed by atoms with Crippen LogP contribution >= 0.6 is 0 Å². The fraction of sp³-hybridized carbons (Fsp3) is 0.548. The smallest absolute Gasteiger partial charge is 0.404 e. The van der Waals surface area contributed by atoms with Gasteiger partial charge >= 0.3 is 7.12 Å². The molecule has 2 bridgehead atoms. The van der Waals surface area contributed by atoms with Gasteiger partial charge in [0.05, 0.1) is 35.0 Å². The van der Waals surface area contributed by atoms with E-state index < -0.39 is 18.1 Å². The fourth-order valence-corrected chi connectivity index (χ4v) is 7.18. The Morgan fingerprint density at radius 3 is 2.34 bits per heavy atom. The first kappa shape index (κ1) is 29.3. The Morgan fingerprint density at radius 1 is 1.05 bits per heavy atom. The van der Waals surface area contributed by atoms with Gasteiger partial charge in [0.15, 0.2) is 0 Å². The van der Waals surface area contributed by atoms with Crippen LogP contribution in [-0.4, -0.2) is 41.5 Å². The van der Waals surface area contributed by atoms with Gasteiger partial charge in [-0.1, -0.05) is 58.0 Å². The maximum absolute atomic E-state index is 13.6. The van der Waals surface area contributed by atoms with Gasteiger partial charge in [0, 0.05) is 17.7 Å². The van der Waals surface area contributed by atoms with Crippen LogP contribution in [0.25, 0.3) is 0 Å². The highest BCUT2D eigenvalue weighted by molar-refractivity contribution is 6.47. The Bertz CT molecular complexity index is 1290. The molecule has 6 rings (SSSR count). The summed E-state index contributed by atoms with van der Waals surface area (Å²) in [6.07, 6.45) is 2.75. The average molecular weight is 561 g/mol. The van der Waals surface area contributed by atoms with E-state index in [1.807, 2.05) is 6.07 Å². The van der Waals surface area contributed by atoms with Gasteiger partial charge in [-0.05, 0) is 67.1 Å². The van der Waals surface area contributed by atoms with Crippen molar-refractivity contribution >= 4 is 24.6 Å². The number of hydrogen-bond donors (Lipinski definition) is 2. The predicted octanol–water partition coefficient (Wildman–Crippen LogP) is 5.25. The van der Waals surface area contributed by atoms with Crippen molar-refractivity contribution in [2.75, 3.05) is 0 Å². The van der Waals surface area contributed by atoms with Crippen molar-refractivity contribution in [3.8, 4) is 0 Å². The van der Waals surface area contributed by atoms with Crippen molar-refractivity contribution < 1.29 is 23.8 Å². The van der Waals surface area contributed by atoms with Gasteiger partial charge in [0.25, 0.3) is 11.6 Å². The van der Waals surface area contributed by atoms with E-state index in [2.05, 4.69) is 45.3 Å². The summed E-state index contributed by atoms with van der Waals surface area (Å²) in [4.78, 5) is 37.3. The molecule has 1 saturated heterocycles. The minimum atomic E-state index is -0.693. The van der Waals surface area contributed by atoms with Crippen LogP contribution in [0.3, 0.4) is 0 Å². The maximum atomic E-state index is 13.6. The van der Waals surface area contributed by atoms with Gasteiger partial charge in [-0.15, -0.1) is 0 Å². The quantitative estimate of drug-likeness (QED) is 0.232. The number of nitro benzene ring substituents is 1. The van der Waals surface area contributed by atoms with Gasteiger partial charge in [-0.25, -0.2) is 0 Å². The second-order valence-corrected chi connectivity index (χ2v) is 13.1.